The third-order valence-corrected chi connectivity index (χ3v) is 2.26. The van der Waals surface area contributed by atoms with E-state index < -0.39 is 0 Å². The molecule has 1 atom stereocenters. The number of rotatable bonds is 1. The van der Waals surface area contributed by atoms with Crippen molar-refractivity contribution in [3.05, 3.63) is 0 Å². The van der Waals surface area contributed by atoms with Crippen LogP contribution in [0.1, 0.15) is 26.2 Å². The molecule has 50 valence electrons. The molecule has 0 aromatic heterocycles. The Labute approximate surface area is 56.6 Å². The van der Waals surface area contributed by atoms with Crippen LogP contribution in [0.2, 0.25) is 0 Å². The topological polar surface area (TPSA) is 26.0 Å². The van der Waals surface area contributed by atoms with E-state index in [1.807, 2.05) is 6.92 Å². The van der Waals surface area contributed by atoms with Gasteiger partial charge in [-0.1, -0.05) is 12.3 Å². The van der Waals surface area contributed by atoms with Crippen molar-refractivity contribution in [3.63, 3.8) is 0 Å². The quantitative estimate of drug-likeness (QED) is 0.520. The minimum atomic E-state index is -0.335. The van der Waals surface area contributed by atoms with Crippen molar-refractivity contribution in [2.75, 3.05) is 0 Å². The fourth-order valence-electron chi connectivity index (χ4n) is 1.13. The minimum Gasteiger partial charge on any atom is -0.315 e. The number of terminal acetylenes is 1. The molecule has 1 heteroatoms. The zero-order chi connectivity index (χ0) is 6.91. The summed E-state index contributed by atoms with van der Waals surface area (Å²) in [5, 5.41) is 0. The highest BCUT2D eigenvalue weighted by Crippen LogP contribution is 2.33. The number of nitrogens with two attached hydrogens (primary N) is 1. The van der Waals surface area contributed by atoms with Crippen LogP contribution in [-0.2, 0) is 0 Å². The Morgan fingerprint density at radius 2 is 2.22 bits per heavy atom. The second-order valence-corrected chi connectivity index (χ2v) is 3.05. The molecule has 9 heavy (non-hydrogen) atoms. The molecule has 1 nitrogen and oxygen atoms in total. The Morgan fingerprint density at radius 1 is 1.67 bits per heavy atom. The fourth-order valence-corrected chi connectivity index (χ4v) is 1.13. The van der Waals surface area contributed by atoms with E-state index in [9.17, 15) is 0 Å². The summed E-state index contributed by atoms with van der Waals surface area (Å²) in [6.45, 7) is 1.94. The van der Waals surface area contributed by atoms with Gasteiger partial charge in [0.1, 0.15) is 0 Å². The average molecular weight is 123 g/mol. The van der Waals surface area contributed by atoms with Gasteiger partial charge in [0, 0.05) is 0 Å². The molecule has 0 bridgehead atoms. The molecule has 0 spiro atoms. The molecule has 1 fully saturated rings. The SMILES string of the molecule is C#C[C@@](C)(N)C1CCC1. The Morgan fingerprint density at radius 3 is 2.33 bits per heavy atom. The first-order valence-electron chi connectivity index (χ1n) is 3.43. The van der Waals surface area contributed by atoms with Gasteiger partial charge in [-0.25, -0.2) is 0 Å². The molecule has 2 N–H and O–H groups in total. The molecular weight excluding hydrogens is 110 g/mol. The van der Waals surface area contributed by atoms with Crippen molar-refractivity contribution in [1.82, 2.24) is 0 Å². The van der Waals surface area contributed by atoms with Gasteiger partial charge in [0.15, 0.2) is 0 Å². The zero-order valence-corrected chi connectivity index (χ0v) is 5.85. The summed E-state index contributed by atoms with van der Waals surface area (Å²) in [4.78, 5) is 0. The first kappa shape index (κ1) is 6.64. The van der Waals surface area contributed by atoms with Gasteiger partial charge in [-0.3, -0.25) is 0 Å². The summed E-state index contributed by atoms with van der Waals surface area (Å²) in [7, 11) is 0. The highest BCUT2D eigenvalue weighted by molar-refractivity contribution is 5.13. The van der Waals surface area contributed by atoms with Crippen LogP contribution in [0.4, 0.5) is 0 Å². The van der Waals surface area contributed by atoms with E-state index in [4.69, 9.17) is 12.2 Å². The van der Waals surface area contributed by atoms with Gasteiger partial charge >= 0.3 is 0 Å². The molecule has 0 heterocycles. The summed E-state index contributed by atoms with van der Waals surface area (Å²) < 4.78 is 0. The lowest BCUT2D eigenvalue weighted by Gasteiger charge is -2.36. The van der Waals surface area contributed by atoms with Crippen LogP contribution in [0.15, 0.2) is 0 Å². The van der Waals surface area contributed by atoms with Crippen LogP contribution in [0.25, 0.3) is 0 Å². The highest BCUT2D eigenvalue weighted by atomic mass is 14.7. The standard InChI is InChI=1S/C8H13N/c1-3-8(2,9)7-5-4-6-7/h1,7H,4-6,9H2,2H3/t8-/m1/s1. The Kier molecular flexibility index (Phi) is 1.50. The normalized spacial score (nSPS) is 25.9. The average Bonchev–Trinajstić information content (AvgIpc) is 1.60. The van der Waals surface area contributed by atoms with E-state index in [-0.39, 0.29) is 5.54 Å². The molecule has 0 unspecified atom stereocenters. The maximum Gasteiger partial charge on any atom is 0.0773 e. The summed E-state index contributed by atoms with van der Waals surface area (Å²) in [6, 6.07) is 0. The van der Waals surface area contributed by atoms with Crippen LogP contribution in [0.3, 0.4) is 0 Å². The fraction of sp³-hybridized carbons (Fsp3) is 0.750. The van der Waals surface area contributed by atoms with E-state index in [2.05, 4.69) is 5.92 Å². The third kappa shape index (κ3) is 1.09. The Balaban J connectivity index is 2.50. The van der Waals surface area contributed by atoms with Crippen molar-refractivity contribution in [1.29, 1.82) is 0 Å². The van der Waals surface area contributed by atoms with Gasteiger partial charge in [-0.2, -0.15) is 0 Å². The molecular formula is C8H13N. The molecule has 0 aromatic rings. The molecule has 0 aliphatic heterocycles. The lowest BCUT2D eigenvalue weighted by Crippen LogP contribution is -2.45. The van der Waals surface area contributed by atoms with Crippen molar-refractivity contribution >= 4 is 0 Å². The predicted octanol–water partition coefficient (Wildman–Crippen LogP) is 1.14. The molecule has 1 rings (SSSR count). The van der Waals surface area contributed by atoms with E-state index >= 15 is 0 Å². The summed E-state index contributed by atoms with van der Waals surface area (Å²) in [5.74, 6) is 3.21. The van der Waals surface area contributed by atoms with Gasteiger partial charge in [-0.05, 0) is 25.7 Å². The Hall–Kier alpha value is -0.480. The zero-order valence-electron chi connectivity index (χ0n) is 5.85. The van der Waals surface area contributed by atoms with Gasteiger partial charge in [0.05, 0.1) is 5.54 Å². The second kappa shape index (κ2) is 2.04. The van der Waals surface area contributed by atoms with Crippen LogP contribution in [0.5, 0.6) is 0 Å². The third-order valence-electron chi connectivity index (χ3n) is 2.26. The molecule has 0 radical (unpaired) electrons. The van der Waals surface area contributed by atoms with E-state index in [1.165, 1.54) is 19.3 Å². The Bertz CT molecular complexity index is 137. The van der Waals surface area contributed by atoms with Gasteiger partial charge < -0.3 is 5.73 Å². The van der Waals surface area contributed by atoms with Crippen LogP contribution < -0.4 is 5.73 Å². The number of hydrogen-bond acceptors (Lipinski definition) is 1. The highest BCUT2D eigenvalue weighted by Gasteiger charge is 2.32. The summed E-state index contributed by atoms with van der Waals surface area (Å²) >= 11 is 0. The lowest BCUT2D eigenvalue weighted by atomic mass is 9.73. The molecule has 1 aliphatic rings. The minimum absolute atomic E-state index is 0.335. The van der Waals surface area contributed by atoms with Crippen molar-refractivity contribution in [2.24, 2.45) is 11.7 Å². The van der Waals surface area contributed by atoms with Gasteiger partial charge in [-0.15, -0.1) is 6.42 Å². The lowest BCUT2D eigenvalue weighted by molar-refractivity contribution is 0.229. The van der Waals surface area contributed by atoms with Crippen LogP contribution in [-0.4, -0.2) is 5.54 Å². The van der Waals surface area contributed by atoms with E-state index in [1.54, 1.807) is 0 Å². The maximum absolute atomic E-state index is 5.79. The molecule has 0 amide bonds. The predicted molar refractivity (Wildman–Crippen MR) is 38.8 cm³/mol. The molecule has 1 saturated carbocycles. The van der Waals surface area contributed by atoms with Crippen LogP contribution >= 0.6 is 0 Å². The number of hydrogen-bond donors (Lipinski definition) is 1. The molecule has 0 aromatic carbocycles. The first-order chi connectivity index (χ1) is 4.17. The molecule has 1 aliphatic carbocycles. The maximum atomic E-state index is 5.79. The summed E-state index contributed by atoms with van der Waals surface area (Å²) in [5.41, 5.74) is 5.45. The van der Waals surface area contributed by atoms with E-state index in [0.29, 0.717) is 5.92 Å². The smallest absolute Gasteiger partial charge is 0.0773 e. The van der Waals surface area contributed by atoms with Gasteiger partial charge in [0.25, 0.3) is 0 Å². The largest absolute Gasteiger partial charge is 0.315 e. The second-order valence-electron chi connectivity index (χ2n) is 3.05. The monoisotopic (exact) mass is 123 g/mol. The van der Waals surface area contributed by atoms with Crippen molar-refractivity contribution < 1.29 is 0 Å². The van der Waals surface area contributed by atoms with Gasteiger partial charge in [0.2, 0.25) is 0 Å². The summed E-state index contributed by atoms with van der Waals surface area (Å²) in [6.07, 6.45) is 8.99. The van der Waals surface area contributed by atoms with Crippen molar-refractivity contribution in [2.45, 2.75) is 31.7 Å². The van der Waals surface area contributed by atoms with Crippen LogP contribution in [0, 0.1) is 18.3 Å². The molecule has 0 saturated heterocycles. The van der Waals surface area contributed by atoms with E-state index in [0.717, 1.165) is 0 Å². The first-order valence-corrected chi connectivity index (χ1v) is 3.43. The van der Waals surface area contributed by atoms with Crippen molar-refractivity contribution in [3.8, 4) is 12.3 Å².